The number of sulfonamides is 1. The van der Waals surface area contributed by atoms with E-state index in [0.29, 0.717) is 37.9 Å². The largest absolute Gasteiger partial charge is 0.481 e. The summed E-state index contributed by atoms with van der Waals surface area (Å²) < 4.78 is 39.5. The van der Waals surface area contributed by atoms with Crippen molar-refractivity contribution in [1.82, 2.24) is 3.89 Å². The highest BCUT2D eigenvalue weighted by Gasteiger charge is 2.44. The van der Waals surface area contributed by atoms with Crippen molar-refractivity contribution in [3.63, 3.8) is 0 Å². The zero-order valence-corrected chi connectivity index (χ0v) is 17.3. The van der Waals surface area contributed by atoms with Crippen LogP contribution >= 0.6 is 0 Å². The van der Waals surface area contributed by atoms with E-state index in [0.717, 1.165) is 5.56 Å². The lowest BCUT2D eigenvalue weighted by molar-refractivity contribution is -0.143. The molecule has 0 saturated heterocycles. The zero-order chi connectivity index (χ0) is 21.1. The molecular formula is C22H27FNO4S+. The third-order valence-corrected chi connectivity index (χ3v) is 7.72. The van der Waals surface area contributed by atoms with Crippen LogP contribution in [0.3, 0.4) is 0 Å². The van der Waals surface area contributed by atoms with Gasteiger partial charge in [0.15, 0.2) is 0 Å². The number of rotatable bonds is 7. The molecule has 7 heteroatoms. The van der Waals surface area contributed by atoms with Crippen molar-refractivity contribution in [2.75, 3.05) is 12.8 Å². The van der Waals surface area contributed by atoms with Gasteiger partial charge in [0.1, 0.15) is 24.6 Å². The Morgan fingerprint density at radius 3 is 2.14 bits per heavy atom. The number of quaternary nitrogens is 1. The first-order valence-corrected chi connectivity index (χ1v) is 11.7. The summed E-state index contributed by atoms with van der Waals surface area (Å²) in [5, 5.41) is 9.25. The van der Waals surface area contributed by atoms with Crippen molar-refractivity contribution >= 4 is 21.7 Å². The number of halogens is 1. The predicted octanol–water partition coefficient (Wildman–Crippen LogP) is 4.18. The van der Waals surface area contributed by atoms with Gasteiger partial charge < -0.3 is 5.11 Å². The minimum atomic E-state index is -3.59. The van der Waals surface area contributed by atoms with Gasteiger partial charge in [0.2, 0.25) is 0 Å². The summed E-state index contributed by atoms with van der Waals surface area (Å²) in [6.07, 6.45) is 3.74. The number of carboxylic acids is 1. The molecule has 156 valence electrons. The van der Waals surface area contributed by atoms with E-state index in [1.54, 1.807) is 12.1 Å². The van der Waals surface area contributed by atoms with Crippen LogP contribution in [-0.2, 0) is 21.4 Å². The Hall–Kier alpha value is -2.25. The number of carbonyl (C=O) groups is 1. The van der Waals surface area contributed by atoms with Crippen molar-refractivity contribution in [2.45, 2.75) is 32.2 Å². The van der Waals surface area contributed by atoms with Gasteiger partial charge in [0.25, 0.3) is 10.0 Å². The lowest BCUT2D eigenvalue weighted by Gasteiger charge is -2.39. The highest BCUT2D eigenvalue weighted by molar-refractivity contribution is 7.90. The second-order valence-corrected chi connectivity index (χ2v) is 10.1. The molecule has 5 nitrogen and oxygen atoms in total. The van der Waals surface area contributed by atoms with Crippen molar-refractivity contribution in [3.8, 4) is 0 Å². The molecule has 1 unspecified atom stereocenters. The van der Waals surface area contributed by atoms with E-state index in [2.05, 4.69) is 0 Å². The fourth-order valence-corrected chi connectivity index (χ4v) is 5.67. The van der Waals surface area contributed by atoms with Gasteiger partial charge in [-0.1, -0.05) is 30.3 Å². The minimum absolute atomic E-state index is 0.0981. The Balaban J connectivity index is 1.98. The SMILES string of the molecule is CS(=O)(=O)[N+](Cc1ccc(F)cc1)(CC1CCC(C(=O)O)CC1)c1ccccc1. The summed E-state index contributed by atoms with van der Waals surface area (Å²) in [6, 6.07) is 15.0. The Morgan fingerprint density at radius 2 is 1.62 bits per heavy atom. The molecule has 3 rings (SSSR count). The monoisotopic (exact) mass is 420 g/mol. The maximum absolute atomic E-state index is 13.4. The van der Waals surface area contributed by atoms with E-state index in [4.69, 9.17) is 0 Å². The fraction of sp³-hybridized carbons (Fsp3) is 0.409. The van der Waals surface area contributed by atoms with Crippen molar-refractivity contribution in [1.29, 1.82) is 0 Å². The van der Waals surface area contributed by atoms with Gasteiger partial charge in [-0.2, -0.15) is 12.3 Å². The third-order valence-electron chi connectivity index (χ3n) is 5.96. The van der Waals surface area contributed by atoms with Crippen molar-refractivity contribution in [3.05, 3.63) is 66.0 Å². The molecule has 1 aliphatic carbocycles. The van der Waals surface area contributed by atoms with Crippen molar-refractivity contribution < 1.29 is 22.7 Å². The van der Waals surface area contributed by atoms with Crippen LogP contribution in [0.1, 0.15) is 31.2 Å². The smallest absolute Gasteiger partial charge is 0.306 e. The van der Waals surface area contributed by atoms with Crippen LogP contribution in [0.4, 0.5) is 10.1 Å². The Morgan fingerprint density at radius 1 is 1.03 bits per heavy atom. The van der Waals surface area contributed by atoms with E-state index in [-0.39, 0.29) is 28.1 Å². The van der Waals surface area contributed by atoms with Gasteiger partial charge in [-0.15, -0.1) is 0 Å². The van der Waals surface area contributed by atoms with Gasteiger partial charge in [-0.25, -0.2) is 4.39 Å². The second kappa shape index (κ2) is 8.63. The van der Waals surface area contributed by atoms with Gasteiger partial charge in [0, 0.05) is 23.6 Å². The average Bonchev–Trinajstić information content (AvgIpc) is 2.69. The molecule has 2 aromatic carbocycles. The summed E-state index contributed by atoms with van der Waals surface area (Å²) in [6.45, 7) is 0.564. The quantitative estimate of drug-likeness (QED) is 0.682. The van der Waals surface area contributed by atoms with E-state index in [9.17, 15) is 22.7 Å². The maximum Gasteiger partial charge on any atom is 0.306 e. The predicted molar refractivity (Wildman–Crippen MR) is 111 cm³/mol. The van der Waals surface area contributed by atoms with Crippen LogP contribution in [0.15, 0.2) is 54.6 Å². The molecular weight excluding hydrogens is 393 g/mol. The van der Waals surface area contributed by atoms with E-state index < -0.39 is 16.0 Å². The molecule has 0 bridgehead atoms. The van der Waals surface area contributed by atoms with Crippen LogP contribution in [0.5, 0.6) is 0 Å². The number of carboxylic acid groups (broad SMARTS) is 1. The second-order valence-electron chi connectivity index (χ2n) is 7.98. The van der Waals surface area contributed by atoms with Gasteiger partial charge >= 0.3 is 5.97 Å². The first-order chi connectivity index (χ1) is 13.7. The number of para-hydroxylation sites is 1. The highest BCUT2D eigenvalue weighted by atomic mass is 32.2. The molecule has 0 aromatic heterocycles. The molecule has 1 N–H and O–H groups in total. The molecule has 1 aliphatic rings. The van der Waals surface area contributed by atoms with E-state index in [1.165, 1.54) is 18.4 Å². The van der Waals surface area contributed by atoms with Gasteiger partial charge in [-0.05, 0) is 37.8 Å². The van der Waals surface area contributed by atoms with Crippen molar-refractivity contribution in [2.24, 2.45) is 11.8 Å². The van der Waals surface area contributed by atoms with Crippen LogP contribution in [0, 0.1) is 17.7 Å². The van der Waals surface area contributed by atoms with E-state index in [1.807, 2.05) is 30.3 Å². The maximum atomic E-state index is 13.4. The minimum Gasteiger partial charge on any atom is -0.481 e. The Labute approximate surface area is 171 Å². The molecule has 0 aliphatic heterocycles. The van der Waals surface area contributed by atoms with Crippen LogP contribution < -0.4 is 3.89 Å². The average molecular weight is 421 g/mol. The lowest BCUT2D eigenvalue weighted by Crippen LogP contribution is -2.55. The first kappa shape index (κ1) is 21.5. The summed E-state index contributed by atoms with van der Waals surface area (Å²) in [4.78, 5) is 11.3. The molecule has 1 atom stereocenters. The molecule has 29 heavy (non-hydrogen) atoms. The van der Waals surface area contributed by atoms with Crippen LogP contribution in [0.25, 0.3) is 0 Å². The molecule has 0 spiro atoms. The molecule has 2 aromatic rings. The van der Waals surface area contributed by atoms with Crippen LogP contribution in [-0.4, -0.2) is 32.3 Å². The summed E-state index contributed by atoms with van der Waals surface area (Å²) in [5.41, 5.74) is 1.40. The fourth-order valence-electron chi connectivity index (χ4n) is 4.30. The van der Waals surface area contributed by atoms with Gasteiger partial charge in [0.05, 0.1) is 12.2 Å². The lowest BCUT2D eigenvalue weighted by atomic mass is 9.81. The number of benzene rings is 2. The summed E-state index contributed by atoms with van der Waals surface area (Å²) in [5.74, 6) is -1.39. The number of hydrogen-bond acceptors (Lipinski definition) is 3. The van der Waals surface area contributed by atoms with Gasteiger partial charge in [-0.3, -0.25) is 4.79 Å². The summed E-state index contributed by atoms with van der Waals surface area (Å²) in [7, 11) is -3.59. The first-order valence-electron chi connectivity index (χ1n) is 9.81. The van der Waals surface area contributed by atoms with Crippen LogP contribution in [0.2, 0.25) is 0 Å². The molecule has 0 heterocycles. The topological polar surface area (TPSA) is 71.4 Å². The Bertz CT molecular complexity index is 939. The zero-order valence-electron chi connectivity index (χ0n) is 16.5. The standard InChI is InChI=1S/C22H26FNO4S/c1-29(27,28)24(21-5-3-2-4-6-21,16-18-9-13-20(23)14-10-18)15-17-7-11-19(12-8-17)22(25)26/h2-6,9-10,13-14,17,19H,7-8,11-12,15-16H2,1H3/p+1. The normalized spacial score (nSPS) is 22.0. The molecule has 0 radical (unpaired) electrons. The number of aliphatic carboxylic acids is 1. The third kappa shape index (κ3) is 4.85. The molecule has 1 fully saturated rings. The summed E-state index contributed by atoms with van der Waals surface area (Å²) >= 11 is 0. The molecule has 0 amide bonds. The highest BCUT2D eigenvalue weighted by Crippen LogP contribution is 2.37. The Kier molecular flexibility index (Phi) is 6.39. The number of hydrogen-bond donors (Lipinski definition) is 1. The number of nitrogens with zero attached hydrogens (tertiary/aromatic N) is 1. The van der Waals surface area contributed by atoms with E-state index >= 15 is 0 Å². The molecule has 1 saturated carbocycles.